The summed E-state index contributed by atoms with van der Waals surface area (Å²) in [6, 6.07) is 4.44. The van der Waals surface area contributed by atoms with Gasteiger partial charge in [-0.2, -0.15) is 0 Å². The Morgan fingerprint density at radius 1 is 1.50 bits per heavy atom. The van der Waals surface area contributed by atoms with Gasteiger partial charge in [0, 0.05) is 13.1 Å². The first-order chi connectivity index (χ1) is 5.66. The van der Waals surface area contributed by atoms with Crippen LogP contribution in [0.5, 0.6) is 0 Å². The van der Waals surface area contributed by atoms with Gasteiger partial charge >= 0.3 is 5.97 Å². The predicted octanol–water partition coefficient (Wildman–Crippen LogP) is 0.172. The number of pyridine rings is 1. The predicted molar refractivity (Wildman–Crippen MR) is 43.0 cm³/mol. The Morgan fingerprint density at radius 3 is 2.75 bits per heavy atom. The molecule has 0 aliphatic carbocycles. The van der Waals surface area contributed by atoms with Gasteiger partial charge in [0.25, 0.3) is 5.56 Å². The highest BCUT2D eigenvalue weighted by Crippen LogP contribution is 1.95. The van der Waals surface area contributed by atoms with Crippen molar-refractivity contribution < 1.29 is 9.53 Å². The molecule has 0 fully saturated rings. The van der Waals surface area contributed by atoms with Gasteiger partial charge in [0.15, 0.2) is 0 Å². The topological polar surface area (TPSA) is 48.3 Å². The van der Waals surface area contributed by atoms with Gasteiger partial charge in [-0.1, -0.05) is 6.07 Å². The molecule has 0 unspecified atom stereocenters. The Labute approximate surface area is 69.4 Å². The Morgan fingerprint density at radius 2 is 2.17 bits per heavy atom. The van der Waals surface area contributed by atoms with Gasteiger partial charge < -0.3 is 9.30 Å². The van der Waals surface area contributed by atoms with Gasteiger partial charge in [-0.25, -0.2) is 4.79 Å². The van der Waals surface area contributed by atoms with E-state index in [0.717, 1.165) is 0 Å². The SMILES string of the molecule is COC(=O)c1cccc(=O)n1C. The van der Waals surface area contributed by atoms with Crippen molar-refractivity contribution in [1.29, 1.82) is 0 Å². The molecule has 0 aliphatic rings. The third-order valence-corrected chi connectivity index (χ3v) is 1.58. The number of esters is 1. The zero-order valence-corrected chi connectivity index (χ0v) is 6.90. The Kier molecular flexibility index (Phi) is 2.28. The maximum atomic E-state index is 11.0. The number of ether oxygens (including phenoxy) is 1. The fourth-order valence-corrected chi connectivity index (χ4v) is 0.873. The van der Waals surface area contributed by atoms with Gasteiger partial charge in [0.05, 0.1) is 7.11 Å². The van der Waals surface area contributed by atoms with Crippen molar-refractivity contribution in [2.75, 3.05) is 7.11 Å². The summed E-state index contributed by atoms with van der Waals surface area (Å²) in [6.45, 7) is 0. The van der Waals surface area contributed by atoms with E-state index in [1.54, 1.807) is 0 Å². The van der Waals surface area contributed by atoms with Crippen LogP contribution in [0, 0.1) is 0 Å². The molecule has 0 radical (unpaired) electrons. The molecule has 0 bridgehead atoms. The van der Waals surface area contributed by atoms with E-state index < -0.39 is 5.97 Å². The second-order valence-corrected chi connectivity index (χ2v) is 2.30. The molecule has 64 valence electrons. The van der Waals surface area contributed by atoms with Crippen molar-refractivity contribution in [1.82, 2.24) is 4.57 Å². The van der Waals surface area contributed by atoms with E-state index in [2.05, 4.69) is 4.74 Å². The van der Waals surface area contributed by atoms with E-state index in [1.807, 2.05) is 0 Å². The highest BCUT2D eigenvalue weighted by molar-refractivity contribution is 5.87. The first kappa shape index (κ1) is 8.52. The quantitative estimate of drug-likeness (QED) is 0.560. The normalized spacial score (nSPS) is 9.50. The van der Waals surface area contributed by atoms with Crippen molar-refractivity contribution in [2.24, 2.45) is 7.05 Å². The lowest BCUT2D eigenvalue weighted by Crippen LogP contribution is -2.22. The van der Waals surface area contributed by atoms with Crippen molar-refractivity contribution >= 4 is 5.97 Å². The molecule has 4 nitrogen and oxygen atoms in total. The molecule has 1 aromatic rings. The highest BCUT2D eigenvalue weighted by Gasteiger charge is 2.08. The Bertz CT molecular complexity index is 354. The third kappa shape index (κ3) is 1.37. The molecule has 0 atom stereocenters. The molecular formula is C8H9NO3. The van der Waals surface area contributed by atoms with Crippen LogP contribution >= 0.6 is 0 Å². The van der Waals surface area contributed by atoms with Gasteiger partial charge in [-0.3, -0.25) is 4.79 Å². The van der Waals surface area contributed by atoms with E-state index in [0.29, 0.717) is 0 Å². The molecule has 0 saturated carbocycles. The molecule has 0 saturated heterocycles. The van der Waals surface area contributed by atoms with E-state index >= 15 is 0 Å². The molecule has 0 aromatic carbocycles. The Balaban J connectivity index is 3.26. The summed E-state index contributed by atoms with van der Waals surface area (Å²) in [5.74, 6) is -0.504. The highest BCUT2D eigenvalue weighted by atomic mass is 16.5. The van der Waals surface area contributed by atoms with Crippen molar-refractivity contribution in [3.05, 3.63) is 34.2 Å². The standard InChI is InChI=1S/C8H9NO3/c1-9-6(8(11)12-2)4-3-5-7(9)10/h3-5H,1-2H3. The first-order valence-corrected chi connectivity index (χ1v) is 3.41. The number of hydrogen-bond acceptors (Lipinski definition) is 3. The summed E-state index contributed by atoms with van der Waals surface area (Å²) in [4.78, 5) is 22.0. The summed E-state index contributed by atoms with van der Waals surface area (Å²) in [6.07, 6.45) is 0. The zero-order valence-electron chi connectivity index (χ0n) is 6.90. The van der Waals surface area contributed by atoms with Crippen LogP contribution in [0.4, 0.5) is 0 Å². The van der Waals surface area contributed by atoms with Gasteiger partial charge in [-0.15, -0.1) is 0 Å². The summed E-state index contributed by atoms with van der Waals surface area (Å²) >= 11 is 0. The minimum atomic E-state index is -0.504. The summed E-state index contributed by atoms with van der Waals surface area (Å²) < 4.78 is 5.72. The summed E-state index contributed by atoms with van der Waals surface area (Å²) in [5, 5.41) is 0. The number of aromatic nitrogens is 1. The van der Waals surface area contributed by atoms with Crippen LogP contribution in [0.2, 0.25) is 0 Å². The first-order valence-electron chi connectivity index (χ1n) is 3.41. The lowest BCUT2D eigenvalue weighted by Gasteiger charge is -2.03. The van der Waals surface area contributed by atoms with Crippen LogP contribution in [0.15, 0.2) is 23.0 Å². The number of carbonyl (C=O) groups is 1. The van der Waals surface area contributed by atoms with E-state index in [1.165, 1.54) is 36.9 Å². The smallest absolute Gasteiger partial charge is 0.354 e. The molecule has 12 heavy (non-hydrogen) atoms. The van der Waals surface area contributed by atoms with Crippen LogP contribution < -0.4 is 5.56 Å². The maximum Gasteiger partial charge on any atom is 0.354 e. The fraction of sp³-hybridized carbons (Fsp3) is 0.250. The van der Waals surface area contributed by atoms with Crippen LogP contribution in [0.3, 0.4) is 0 Å². The average molecular weight is 167 g/mol. The summed E-state index contributed by atoms with van der Waals surface area (Å²) in [7, 11) is 2.80. The van der Waals surface area contributed by atoms with Crippen molar-refractivity contribution in [2.45, 2.75) is 0 Å². The molecule has 0 amide bonds. The lowest BCUT2D eigenvalue weighted by atomic mass is 10.3. The molecule has 0 spiro atoms. The third-order valence-electron chi connectivity index (χ3n) is 1.58. The minimum absolute atomic E-state index is 0.224. The van der Waals surface area contributed by atoms with E-state index in [4.69, 9.17) is 0 Å². The van der Waals surface area contributed by atoms with Crippen LogP contribution in [0.25, 0.3) is 0 Å². The van der Waals surface area contributed by atoms with Crippen molar-refractivity contribution in [3.63, 3.8) is 0 Å². The fourth-order valence-electron chi connectivity index (χ4n) is 0.873. The summed E-state index contributed by atoms with van der Waals surface area (Å²) in [5.41, 5.74) is 0.0305. The molecular weight excluding hydrogens is 158 g/mol. The van der Waals surface area contributed by atoms with Crippen molar-refractivity contribution in [3.8, 4) is 0 Å². The van der Waals surface area contributed by atoms with Crippen LogP contribution in [-0.2, 0) is 11.8 Å². The van der Waals surface area contributed by atoms with E-state index in [-0.39, 0.29) is 11.3 Å². The monoisotopic (exact) mass is 167 g/mol. The number of nitrogens with zero attached hydrogens (tertiary/aromatic N) is 1. The van der Waals surface area contributed by atoms with E-state index in [9.17, 15) is 9.59 Å². The van der Waals surface area contributed by atoms with Gasteiger partial charge in [-0.05, 0) is 6.07 Å². The molecule has 4 heteroatoms. The number of methoxy groups -OCH3 is 1. The van der Waals surface area contributed by atoms with Crippen LogP contribution in [-0.4, -0.2) is 17.6 Å². The number of carbonyl (C=O) groups excluding carboxylic acids is 1. The van der Waals surface area contributed by atoms with Gasteiger partial charge in [0.2, 0.25) is 0 Å². The minimum Gasteiger partial charge on any atom is -0.464 e. The molecule has 0 aliphatic heterocycles. The Hall–Kier alpha value is -1.58. The molecule has 0 N–H and O–H groups in total. The molecule has 1 aromatic heterocycles. The molecule has 1 rings (SSSR count). The average Bonchev–Trinajstić information content (AvgIpc) is 2.08. The number of hydrogen-bond donors (Lipinski definition) is 0. The van der Waals surface area contributed by atoms with Gasteiger partial charge in [0.1, 0.15) is 5.69 Å². The molecule has 1 heterocycles. The second kappa shape index (κ2) is 3.21. The zero-order chi connectivity index (χ0) is 9.14. The lowest BCUT2D eigenvalue weighted by molar-refractivity contribution is 0.0588. The largest absolute Gasteiger partial charge is 0.464 e. The second-order valence-electron chi connectivity index (χ2n) is 2.30. The maximum absolute atomic E-state index is 11.0. The van der Waals surface area contributed by atoms with Crippen LogP contribution in [0.1, 0.15) is 10.5 Å². The number of rotatable bonds is 1.